The van der Waals surface area contributed by atoms with Crippen LogP contribution in [0.4, 0.5) is 0 Å². The van der Waals surface area contributed by atoms with Crippen molar-refractivity contribution in [3.63, 3.8) is 0 Å². The van der Waals surface area contributed by atoms with E-state index in [1.54, 1.807) is 6.21 Å². The van der Waals surface area contributed by atoms with Gasteiger partial charge in [0.25, 0.3) is 0 Å². The molecule has 158 valence electrons. The number of nitrogens with zero attached hydrogens (tertiary/aromatic N) is 2. The van der Waals surface area contributed by atoms with Crippen molar-refractivity contribution in [2.45, 2.75) is 6.42 Å². The summed E-state index contributed by atoms with van der Waals surface area (Å²) in [6, 6.07) is 27.0. The summed E-state index contributed by atoms with van der Waals surface area (Å²) in [6.45, 7) is 2.51. The van der Waals surface area contributed by atoms with E-state index in [-0.39, 0.29) is 5.92 Å². The molecule has 31 heavy (non-hydrogen) atoms. The van der Waals surface area contributed by atoms with Crippen molar-refractivity contribution >= 4 is 12.2 Å². The van der Waals surface area contributed by atoms with Crippen molar-refractivity contribution in [3.05, 3.63) is 84.4 Å². The first-order valence-corrected chi connectivity index (χ1v) is 10.6. The van der Waals surface area contributed by atoms with Gasteiger partial charge in [-0.05, 0) is 35.2 Å². The minimum atomic E-state index is -0.713. The molecule has 1 aliphatic rings. The van der Waals surface area contributed by atoms with Crippen LogP contribution >= 0.6 is 0 Å². The van der Waals surface area contributed by atoms with E-state index >= 15 is 0 Å². The fourth-order valence-corrected chi connectivity index (χ4v) is 3.90. The highest BCUT2D eigenvalue weighted by Gasteiger charge is 2.27. The van der Waals surface area contributed by atoms with Gasteiger partial charge in [0.15, 0.2) is 0 Å². The van der Waals surface area contributed by atoms with E-state index in [0.29, 0.717) is 26.1 Å². The number of hydrogen-bond acceptors (Lipinski definition) is 4. The minimum absolute atomic E-state index is 0.261. The molecule has 0 radical (unpaired) electrons. The lowest BCUT2D eigenvalue weighted by molar-refractivity contribution is -0.141. The molecule has 1 aliphatic heterocycles. The van der Waals surface area contributed by atoms with Gasteiger partial charge < -0.3 is 9.94 Å². The number of aliphatic carboxylic acids is 1. The van der Waals surface area contributed by atoms with Crippen LogP contribution in [0, 0.1) is 5.92 Å². The molecule has 3 aromatic carbocycles. The maximum Gasteiger partial charge on any atom is 0.307 e. The molecule has 0 spiro atoms. The maximum atomic E-state index is 11.0. The normalized spacial score (nSPS) is 16.6. The van der Waals surface area contributed by atoms with E-state index in [1.807, 2.05) is 36.4 Å². The maximum absolute atomic E-state index is 11.0. The molecule has 3 aromatic rings. The molecule has 1 heterocycles. The van der Waals surface area contributed by atoms with Gasteiger partial charge >= 0.3 is 5.97 Å². The highest BCUT2D eigenvalue weighted by atomic mass is 16.6. The van der Waals surface area contributed by atoms with Crippen LogP contribution in [0.1, 0.15) is 12.0 Å². The van der Waals surface area contributed by atoms with Crippen LogP contribution in [0.2, 0.25) is 0 Å². The molecule has 1 fully saturated rings. The molecule has 0 aromatic heterocycles. The Bertz CT molecular complexity index is 1030. The zero-order valence-electron chi connectivity index (χ0n) is 17.4. The topological polar surface area (TPSA) is 62.1 Å². The van der Waals surface area contributed by atoms with Gasteiger partial charge in [-0.15, -0.1) is 0 Å². The summed E-state index contributed by atoms with van der Waals surface area (Å²) < 4.78 is 0. The lowest BCUT2D eigenvalue weighted by Crippen LogP contribution is -2.26. The van der Waals surface area contributed by atoms with Gasteiger partial charge in [-0.3, -0.25) is 9.69 Å². The van der Waals surface area contributed by atoms with Crippen LogP contribution in [-0.4, -0.2) is 48.4 Å². The summed E-state index contributed by atoms with van der Waals surface area (Å²) in [5.74, 6) is -0.974. The average Bonchev–Trinajstić information content (AvgIpc) is 3.29. The third kappa shape index (κ3) is 5.38. The molecule has 0 aliphatic carbocycles. The number of carboxylic acid groups (broad SMARTS) is 1. The Morgan fingerprint density at radius 3 is 2.39 bits per heavy atom. The summed E-state index contributed by atoms with van der Waals surface area (Å²) in [4.78, 5) is 18.6. The van der Waals surface area contributed by atoms with Gasteiger partial charge in [0.05, 0.1) is 12.1 Å². The first-order chi connectivity index (χ1) is 15.2. The Hall–Kier alpha value is -3.44. The number of carboxylic acids is 1. The van der Waals surface area contributed by atoms with Gasteiger partial charge in [-0.25, -0.2) is 0 Å². The zero-order valence-corrected chi connectivity index (χ0v) is 17.4. The van der Waals surface area contributed by atoms with E-state index in [1.165, 1.54) is 11.1 Å². The van der Waals surface area contributed by atoms with E-state index in [2.05, 4.69) is 52.5 Å². The van der Waals surface area contributed by atoms with Crippen LogP contribution < -0.4 is 0 Å². The Balaban J connectivity index is 1.36. The highest BCUT2D eigenvalue weighted by Crippen LogP contribution is 2.26. The predicted molar refractivity (Wildman–Crippen MR) is 123 cm³/mol. The second-order valence-corrected chi connectivity index (χ2v) is 7.72. The largest absolute Gasteiger partial charge is 0.481 e. The third-order valence-corrected chi connectivity index (χ3v) is 5.65. The smallest absolute Gasteiger partial charge is 0.307 e. The molecule has 1 atom stereocenters. The molecule has 4 rings (SSSR count). The Morgan fingerprint density at radius 1 is 0.968 bits per heavy atom. The molecule has 5 heteroatoms. The standard InChI is InChI=1S/C26H26N2O3/c29-26(30)24-14-15-28(19-24)16-17-31-27-18-23-8-4-5-9-25(23)22-12-10-21(11-13-22)20-6-2-1-3-7-20/h1-13,18,24H,14-17,19H2,(H,29,30)/b27-18+. The lowest BCUT2D eigenvalue weighted by atomic mass is 9.97. The van der Waals surface area contributed by atoms with Crippen LogP contribution in [-0.2, 0) is 9.63 Å². The number of likely N-dealkylation sites (tertiary alicyclic amines) is 1. The van der Waals surface area contributed by atoms with Gasteiger partial charge in [0.1, 0.15) is 6.61 Å². The first kappa shape index (κ1) is 20.8. The van der Waals surface area contributed by atoms with Crippen molar-refractivity contribution in [2.75, 3.05) is 26.2 Å². The predicted octanol–water partition coefficient (Wildman–Crippen LogP) is 4.78. The lowest BCUT2D eigenvalue weighted by Gasteiger charge is -2.13. The summed E-state index contributed by atoms with van der Waals surface area (Å²) >= 11 is 0. The van der Waals surface area contributed by atoms with E-state index in [0.717, 1.165) is 23.2 Å². The molecular weight excluding hydrogens is 388 g/mol. The highest BCUT2D eigenvalue weighted by molar-refractivity contribution is 5.90. The van der Waals surface area contributed by atoms with Crippen molar-refractivity contribution < 1.29 is 14.7 Å². The Kier molecular flexibility index (Phi) is 6.75. The van der Waals surface area contributed by atoms with E-state index < -0.39 is 5.97 Å². The van der Waals surface area contributed by atoms with Crippen molar-refractivity contribution in [1.29, 1.82) is 0 Å². The number of rotatable bonds is 8. The van der Waals surface area contributed by atoms with Gasteiger partial charge in [-0.2, -0.15) is 0 Å². The fraction of sp³-hybridized carbons (Fsp3) is 0.231. The monoisotopic (exact) mass is 414 g/mol. The van der Waals surface area contributed by atoms with E-state index in [4.69, 9.17) is 9.94 Å². The van der Waals surface area contributed by atoms with Gasteiger partial charge in [0.2, 0.25) is 0 Å². The fourth-order valence-electron chi connectivity index (χ4n) is 3.90. The second-order valence-electron chi connectivity index (χ2n) is 7.72. The number of hydrogen-bond donors (Lipinski definition) is 1. The quantitative estimate of drug-likeness (QED) is 0.327. The summed E-state index contributed by atoms with van der Waals surface area (Å²) in [5.41, 5.74) is 5.59. The zero-order chi connectivity index (χ0) is 21.5. The van der Waals surface area contributed by atoms with Crippen molar-refractivity contribution in [3.8, 4) is 22.3 Å². The van der Waals surface area contributed by atoms with Crippen LogP contribution in [0.5, 0.6) is 0 Å². The molecule has 0 bridgehead atoms. The van der Waals surface area contributed by atoms with E-state index in [9.17, 15) is 4.79 Å². The van der Waals surface area contributed by atoms with Crippen LogP contribution in [0.25, 0.3) is 22.3 Å². The molecule has 1 unspecified atom stereocenters. The van der Waals surface area contributed by atoms with Crippen LogP contribution in [0.3, 0.4) is 0 Å². The molecule has 0 saturated carbocycles. The minimum Gasteiger partial charge on any atom is -0.481 e. The Morgan fingerprint density at radius 2 is 1.65 bits per heavy atom. The molecule has 1 saturated heterocycles. The SMILES string of the molecule is O=C(O)C1CCN(CCO/N=C/c2ccccc2-c2ccc(-c3ccccc3)cc2)C1. The number of carbonyl (C=O) groups is 1. The summed E-state index contributed by atoms with van der Waals surface area (Å²) in [7, 11) is 0. The van der Waals surface area contributed by atoms with Gasteiger partial charge in [0, 0.05) is 18.7 Å². The molecule has 5 nitrogen and oxygen atoms in total. The average molecular weight is 415 g/mol. The Labute approximate surface area is 182 Å². The summed E-state index contributed by atoms with van der Waals surface area (Å²) in [5, 5.41) is 13.2. The van der Waals surface area contributed by atoms with Crippen molar-refractivity contribution in [1.82, 2.24) is 4.90 Å². The molecular formula is C26H26N2O3. The second kappa shape index (κ2) is 10.0. The van der Waals surface area contributed by atoms with Crippen LogP contribution in [0.15, 0.2) is 84.0 Å². The van der Waals surface area contributed by atoms with Crippen molar-refractivity contribution in [2.24, 2.45) is 11.1 Å². The number of oxime groups is 1. The third-order valence-electron chi connectivity index (χ3n) is 5.65. The number of benzene rings is 3. The molecule has 0 amide bonds. The first-order valence-electron chi connectivity index (χ1n) is 10.6. The van der Waals surface area contributed by atoms with Gasteiger partial charge in [-0.1, -0.05) is 84.0 Å². The molecule has 1 N–H and O–H groups in total. The summed E-state index contributed by atoms with van der Waals surface area (Å²) in [6.07, 6.45) is 2.44.